The predicted octanol–water partition coefficient (Wildman–Crippen LogP) is 10.5. The van der Waals surface area contributed by atoms with E-state index < -0.39 is 19.7 Å². The molecule has 0 spiro atoms. The Morgan fingerprint density at radius 3 is 0.804 bits per heavy atom. The zero-order chi connectivity index (χ0) is 39.1. The molecule has 0 radical (unpaired) electrons. The van der Waals surface area contributed by atoms with Gasteiger partial charge in [0.2, 0.25) is 19.7 Å². The van der Waals surface area contributed by atoms with Crippen molar-refractivity contribution in [2.24, 2.45) is 0 Å². The van der Waals surface area contributed by atoms with Crippen LogP contribution in [0.5, 0.6) is 46.0 Å². The smallest absolute Gasteiger partial charge is 0.206 e. The van der Waals surface area contributed by atoms with Crippen LogP contribution in [-0.4, -0.2) is 16.8 Å². The largest absolute Gasteiger partial charge is 0.457 e. The first-order valence-electron chi connectivity index (χ1n) is 16.9. The third-order valence-electron chi connectivity index (χ3n) is 8.33. The number of terminal acetylenes is 2. The highest BCUT2D eigenvalue weighted by Gasteiger charge is 2.19. The molecule has 0 saturated carbocycles. The van der Waals surface area contributed by atoms with E-state index in [2.05, 4.69) is 11.8 Å². The fraction of sp³-hybridized carbons (Fsp3) is 0. The normalized spacial score (nSPS) is 11.1. The molecule has 0 aromatic heterocycles. The average Bonchev–Trinajstić information content (AvgIpc) is 3.22. The predicted molar refractivity (Wildman–Crippen MR) is 212 cm³/mol. The van der Waals surface area contributed by atoms with Crippen molar-refractivity contribution in [3.05, 3.63) is 181 Å². The Kier molecular flexibility index (Phi) is 10.6. The van der Waals surface area contributed by atoms with Crippen LogP contribution in [-0.2, 0) is 19.7 Å². The Bertz CT molecular complexity index is 2590. The van der Waals surface area contributed by atoms with Crippen LogP contribution in [0.15, 0.2) is 189 Å². The molecule has 56 heavy (non-hydrogen) atoms. The molecular weight excluding hydrogens is 745 g/mol. The van der Waals surface area contributed by atoms with Crippen LogP contribution in [0.4, 0.5) is 0 Å². The lowest BCUT2D eigenvalue weighted by Crippen LogP contribution is -2.02. The van der Waals surface area contributed by atoms with Crippen molar-refractivity contribution < 1.29 is 35.8 Å². The van der Waals surface area contributed by atoms with Gasteiger partial charge in [-0.25, -0.2) is 16.8 Å². The number of hydrogen-bond acceptors (Lipinski definition) is 8. The van der Waals surface area contributed by atoms with Crippen molar-refractivity contribution in [3.63, 3.8) is 0 Å². The summed E-state index contributed by atoms with van der Waals surface area (Å²) in [5.41, 5.74) is 1.46. The summed E-state index contributed by atoms with van der Waals surface area (Å²) in [6.45, 7) is 0. The summed E-state index contributed by atoms with van der Waals surface area (Å²) in [4.78, 5) is 0.418. The molecule has 0 fully saturated rings. The van der Waals surface area contributed by atoms with Gasteiger partial charge in [-0.3, -0.25) is 0 Å². The lowest BCUT2D eigenvalue weighted by Gasteiger charge is -2.11. The van der Waals surface area contributed by atoms with Crippen LogP contribution in [0.1, 0.15) is 11.1 Å². The van der Waals surface area contributed by atoms with Crippen LogP contribution in [0.3, 0.4) is 0 Å². The number of rotatable bonds is 12. The van der Waals surface area contributed by atoms with Gasteiger partial charge >= 0.3 is 0 Å². The molecule has 0 heterocycles. The second-order valence-electron chi connectivity index (χ2n) is 12.1. The Balaban J connectivity index is 0.955. The van der Waals surface area contributed by atoms with Gasteiger partial charge in [-0.1, -0.05) is 17.9 Å². The topological polar surface area (TPSA) is 105 Å². The molecule has 10 heteroatoms. The monoisotopic (exact) mass is 774 g/mol. The molecule has 8 nitrogen and oxygen atoms in total. The first-order chi connectivity index (χ1) is 27.1. The number of sulfone groups is 2. The van der Waals surface area contributed by atoms with E-state index in [9.17, 15) is 16.8 Å². The summed E-state index contributed by atoms with van der Waals surface area (Å²) in [6, 6.07) is 45.3. The molecule has 0 atom stereocenters. The van der Waals surface area contributed by atoms with Crippen molar-refractivity contribution in [2.45, 2.75) is 19.6 Å². The maximum Gasteiger partial charge on any atom is 0.206 e. The molecule has 0 amide bonds. The summed E-state index contributed by atoms with van der Waals surface area (Å²) in [5, 5.41) is 0. The first kappa shape index (κ1) is 37.1. The van der Waals surface area contributed by atoms with Crippen molar-refractivity contribution >= 4 is 19.7 Å². The molecule has 7 aromatic carbocycles. The Labute approximate surface area is 325 Å². The van der Waals surface area contributed by atoms with E-state index in [1.54, 1.807) is 121 Å². The zero-order valence-corrected chi connectivity index (χ0v) is 31.0. The SMILES string of the molecule is C#Cc1ccc(Oc2ccc(S(=O)(=O)c3ccc(Oc4cccc(Oc5ccc(S(=O)(=O)c6ccc(Oc7ccc(C#C)cc7)cc6)cc5)c4)cc3)cc2)cc1. The van der Waals surface area contributed by atoms with Crippen LogP contribution in [0.2, 0.25) is 0 Å². The number of hydrogen-bond donors (Lipinski definition) is 0. The van der Waals surface area contributed by atoms with Gasteiger partial charge in [0.05, 0.1) is 19.6 Å². The van der Waals surface area contributed by atoms with E-state index in [1.165, 1.54) is 48.5 Å². The molecular formula is C46H30O8S2. The van der Waals surface area contributed by atoms with Gasteiger partial charge in [0.15, 0.2) is 0 Å². The summed E-state index contributed by atoms with van der Waals surface area (Å²) in [6.07, 6.45) is 10.8. The summed E-state index contributed by atoms with van der Waals surface area (Å²) < 4.78 is 76.9. The fourth-order valence-corrected chi connectivity index (χ4v) is 7.93. The molecule has 0 bridgehead atoms. The minimum absolute atomic E-state index is 0.0973. The molecule has 0 aliphatic rings. The van der Waals surface area contributed by atoms with E-state index in [0.717, 1.165) is 11.1 Å². The van der Waals surface area contributed by atoms with Gasteiger partial charge in [0.1, 0.15) is 46.0 Å². The highest BCUT2D eigenvalue weighted by molar-refractivity contribution is 7.91. The second-order valence-corrected chi connectivity index (χ2v) is 16.0. The van der Waals surface area contributed by atoms with Gasteiger partial charge in [-0.2, -0.15) is 0 Å². The number of benzene rings is 7. The van der Waals surface area contributed by atoms with Crippen molar-refractivity contribution in [3.8, 4) is 70.7 Å². The Morgan fingerprint density at radius 1 is 0.321 bits per heavy atom. The molecule has 0 saturated heterocycles. The summed E-state index contributed by atoms with van der Waals surface area (Å²) in [7, 11) is -7.62. The molecule has 0 aliphatic heterocycles. The van der Waals surface area contributed by atoms with Crippen LogP contribution >= 0.6 is 0 Å². The molecule has 7 aromatic rings. The first-order valence-corrected chi connectivity index (χ1v) is 19.9. The van der Waals surface area contributed by atoms with Gasteiger partial charge in [-0.05, 0) is 158 Å². The highest BCUT2D eigenvalue weighted by Crippen LogP contribution is 2.32. The van der Waals surface area contributed by atoms with Crippen molar-refractivity contribution in [1.82, 2.24) is 0 Å². The zero-order valence-electron chi connectivity index (χ0n) is 29.4. The lowest BCUT2D eigenvalue weighted by molar-refractivity contribution is 0.460. The standard InChI is InChI=1S/C46H30O8S2/c1-3-33-8-12-35(13-9-33)51-37-16-24-43(25-17-37)55(47,48)45-28-20-39(21-29-45)53-41-6-5-7-42(32-41)54-40-22-30-46(31-23-40)56(49,50)44-26-18-38(19-27-44)52-36-14-10-34(4-2)11-15-36/h1-2,5-32H. The van der Waals surface area contributed by atoms with Crippen molar-refractivity contribution in [1.29, 1.82) is 0 Å². The number of ether oxygens (including phenoxy) is 4. The van der Waals surface area contributed by atoms with Crippen molar-refractivity contribution in [2.75, 3.05) is 0 Å². The second kappa shape index (κ2) is 16.0. The van der Waals surface area contributed by atoms with Gasteiger partial charge in [0, 0.05) is 17.2 Å². The third kappa shape index (κ3) is 8.59. The minimum Gasteiger partial charge on any atom is -0.457 e. The fourth-order valence-electron chi connectivity index (χ4n) is 5.40. The minimum atomic E-state index is -3.81. The summed E-state index contributed by atoms with van der Waals surface area (Å²) in [5.74, 6) is 8.90. The van der Waals surface area contributed by atoms with Gasteiger partial charge < -0.3 is 18.9 Å². The molecule has 274 valence electrons. The Morgan fingerprint density at radius 2 is 0.554 bits per heavy atom. The third-order valence-corrected chi connectivity index (χ3v) is 11.9. The quantitative estimate of drug-likeness (QED) is 0.113. The Hall–Kier alpha value is -7.24. The van der Waals surface area contributed by atoms with Gasteiger partial charge in [0.25, 0.3) is 0 Å². The van der Waals surface area contributed by atoms with E-state index in [0.29, 0.717) is 46.0 Å². The molecule has 7 rings (SSSR count). The van der Waals surface area contributed by atoms with E-state index in [4.69, 9.17) is 31.8 Å². The van der Waals surface area contributed by atoms with E-state index >= 15 is 0 Å². The van der Waals surface area contributed by atoms with Crippen LogP contribution in [0, 0.1) is 24.7 Å². The van der Waals surface area contributed by atoms with Crippen LogP contribution < -0.4 is 18.9 Å². The highest BCUT2D eigenvalue weighted by atomic mass is 32.2. The average molecular weight is 775 g/mol. The maximum atomic E-state index is 13.3. The molecule has 0 N–H and O–H groups in total. The molecule has 0 unspecified atom stereocenters. The maximum absolute atomic E-state index is 13.3. The van der Waals surface area contributed by atoms with Gasteiger partial charge in [-0.15, -0.1) is 12.8 Å². The molecule has 0 aliphatic carbocycles. The van der Waals surface area contributed by atoms with Crippen LogP contribution in [0.25, 0.3) is 0 Å². The summed E-state index contributed by atoms with van der Waals surface area (Å²) >= 11 is 0. The van der Waals surface area contributed by atoms with E-state index in [-0.39, 0.29) is 19.6 Å². The lowest BCUT2D eigenvalue weighted by atomic mass is 10.2. The van der Waals surface area contributed by atoms with E-state index in [1.807, 2.05) is 0 Å².